The standard InChI is InChI=1S/C17H20N2O5S/c1-6-24-16(21)14-10(2)19(3)17(25-14)18-15(20)11-7-8-12(22-4)13(9-11)23-5/h7-9H,6H2,1-5H3. The monoisotopic (exact) mass is 364 g/mol. The first kappa shape index (κ1) is 18.7. The molecule has 0 radical (unpaired) electrons. The summed E-state index contributed by atoms with van der Waals surface area (Å²) in [6, 6.07) is 4.82. The minimum absolute atomic E-state index is 0.289. The minimum atomic E-state index is -0.437. The van der Waals surface area contributed by atoms with Gasteiger partial charge in [-0.05, 0) is 32.0 Å². The molecule has 1 heterocycles. The number of aromatic nitrogens is 1. The highest BCUT2D eigenvalue weighted by Gasteiger charge is 2.17. The van der Waals surface area contributed by atoms with Gasteiger partial charge >= 0.3 is 5.97 Å². The van der Waals surface area contributed by atoms with Crippen LogP contribution in [0.25, 0.3) is 0 Å². The number of amides is 1. The van der Waals surface area contributed by atoms with Gasteiger partial charge in [0, 0.05) is 18.3 Å². The Morgan fingerprint density at radius 2 is 1.88 bits per heavy atom. The maximum absolute atomic E-state index is 12.5. The van der Waals surface area contributed by atoms with Crippen molar-refractivity contribution < 1.29 is 23.8 Å². The van der Waals surface area contributed by atoms with Crippen LogP contribution in [0.5, 0.6) is 11.5 Å². The first-order valence-corrected chi connectivity index (χ1v) is 8.39. The van der Waals surface area contributed by atoms with Crippen LogP contribution in [-0.4, -0.2) is 37.3 Å². The van der Waals surface area contributed by atoms with E-state index in [4.69, 9.17) is 14.2 Å². The number of benzene rings is 1. The van der Waals surface area contributed by atoms with Gasteiger partial charge in [0.2, 0.25) is 0 Å². The molecule has 0 unspecified atom stereocenters. The van der Waals surface area contributed by atoms with E-state index in [0.717, 1.165) is 11.3 Å². The van der Waals surface area contributed by atoms with Crippen LogP contribution >= 0.6 is 11.3 Å². The molecular weight excluding hydrogens is 344 g/mol. The summed E-state index contributed by atoms with van der Waals surface area (Å²) in [6.45, 7) is 3.81. The Hall–Kier alpha value is -2.61. The van der Waals surface area contributed by atoms with Crippen molar-refractivity contribution >= 4 is 23.2 Å². The molecule has 134 valence electrons. The number of hydrogen-bond donors (Lipinski definition) is 0. The Bertz CT molecular complexity index is 866. The summed E-state index contributed by atoms with van der Waals surface area (Å²) in [5.74, 6) is 0.123. The third-order valence-corrected chi connectivity index (χ3v) is 4.81. The van der Waals surface area contributed by atoms with Gasteiger partial charge in [-0.25, -0.2) is 4.79 Å². The Balaban J connectivity index is 2.42. The predicted molar refractivity (Wildman–Crippen MR) is 93.4 cm³/mol. The zero-order valence-corrected chi connectivity index (χ0v) is 15.6. The largest absolute Gasteiger partial charge is 0.493 e. The molecule has 0 bridgehead atoms. The fourth-order valence-corrected chi connectivity index (χ4v) is 3.15. The Kier molecular flexibility index (Phi) is 5.97. The average Bonchev–Trinajstić information content (AvgIpc) is 2.89. The quantitative estimate of drug-likeness (QED) is 0.761. The predicted octanol–water partition coefficient (Wildman–Crippen LogP) is 2.33. The molecule has 0 N–H and O–H groups in total. The smallest absolute Gasteiger partial charge is 0.350 e. The molecule has 0 aliphatic heterocycles. The molecule has 0 fully saturated rings. The number of ether oxygens (including phenoxy) is 3. The number of thiazole rings is 1. The number of nitrogens with zero attached hydrogens (tertiary/aromatic N) is 2. The van der Waals surface area contributed by atoms with Crippen LogP contribution in [0.2, 0.25) is 0 Å². The lowest BCUT2D eigenvalue weighted by Gasteiger charge is -2.07. The molecular formula is C17H20N2O5S. The summed E-state index contributed by atoms with van der Waals surface area (Å²) in [6.07, 6.45) is 0. The summed E-state index contributed by atoms with van der Waals surface area (Å²) in [5, 5.41) is 0. The van der Waals surface area contributed by atoms with Crippen molar-refractivity contribution in [2.45, 2.75) is 13.8 Å². The lowest BCUT2D eigenvalue weighted by atomic mass is 10.2. The molecule has 8 heteroatoms. The van der Waals surface area contributed by atoms with Crippen molar-refractivity contribution in [1.29, 1.82) is 0 Å². The fourth-order valence-electron chi connectivity index (χ4n) is 2.13. The van der Waals surface area contributed by atoms with E-state index >= 15 is 0 Å². The van der Waals surface area contributed by atoms with Crippen LogP contribution in [0.1, 0.15) is 32.6 Å². The number of carbonyl (C=O) groups excluding carboxylic acids is 2. The van der Waals surface area contributed by atoms with Gasteiger partial charge in [0.1, 0.15) is 4.88 Å². The van der Waals surface area contributed by atoms with E-state index in [1.54, 1.807) is 43.7 Å². The molecule has 2 rings (SSSR count). The molecule has 0 atom stereocenters. The number of rotatable bonds is 5. The Morgan fingerprint density at radius 1 is 1.20 bits per heavy atom. The summed E-state index contributed by atoms with van der Waals surface area (Å²) in [5.41, 5.74) is 1.06. The summed E-state index contributed by atoms with van der Waals surface area (Å²) in [7, 11) is 4.77. The first-order chi connectivity index (χ1) is 11.9. The van der Waals surface area contributed by atoms with Crippen LogP contribution in [-0.2, 0) is 11.8 Å². The van der Waals surface area contributed by atoms with E-state index in [9.17, 15) is 9.59 Å². The van der Waals surface area contributed by atoms with E-state index < -0.39 is 11.9 Å². The van der Waals surface area contributed by atoms with Gasteiger partial charge in [0.15, 0.2) is 16.3 Å². The number of esters is 1. The molecule has 2 aromatic rings. The molecule has 0 aliphatic carbocycles. The molecule has 1 aromatic carbocycles. The zero-order valence-electron chi connectivity index (χ0n) is 14.8. The van der Waals surface area contributed by atoms with Gasteiger partial charge in [-0.3, -0.25) is 4.79 Å². The summed E-state index contributed by atoms with van der Waals surface area (Å²) >= 11 is 1.12. The van der Waals surface area contributed by atoms with Crippen LogP contribution in [0.15, 0.2) is 23.2 Å². The van der Waals surface area contributed by atoms with Crippen molar-refractivity contribution in [1.82, 2.24) is 4.57 Å². The van der Waals surface area contributed by atoms with Crippen LogP contribution in [0.4, 0.5) is 0 Å². The molecule has 1 aromatic heterocycles. The zero-order chi connectivity index (χ0) is 18.6. The molecule has 0 saturated heterocycles. The van der Waals surface area contributed by atoms with E-state index in [1.807, 2.05) is 0 Å². The van der Waals surface area contributed by atoms with Gasteiger partial charge in [-0.2, -0.15) is 4.99 Å². The van der Waals surface area contributed by atoms with Crippen LogP contribution < -0.4 is 14.3 Å². The highest BCUT2D eigenvalue weighted by Crippen LogP contribution is 2.27. The topological polar surface area (TPSA) is 79.1 Å². The Labute approximate surface area is 149 Å². The van der Waals surface area contributed by atoms with Gasteiger partial charge in [0.25, 0.3) is 5.91 Å². The lowest BCUT2D eigenvalue weighted by molar-refractivity contribution is 0.0530. The summed E-state index contributed by atoms with van der Waals surface area (Å²) < 4.78 is 17.1. The average molecular weight is 364 g/mol. The molecule has 1 amide bonds. The second-order valence-electron chi connectivity index (χ2n) is 5.07. The van der Waals surface area contributed by atoms with Crippen molar-refractivity contribution in [3.63, 3.8) is 0 Å². The molecule has 0 aliphatic rings. The summed E-state index contributed by atoms with van der Waals surface area (Å²) in [4.78, 5) is 29.4. The second kappa shape index (κ2) is 7.98. The van der Waals surface area contributed by atoms with Crippen molar-refractivity contribution in [3.8, 4) is 11.5 Å². The van der Waals surface area contributed by atoms with E-state index in [2.05, 4.69) is 4.99 Å². The SMILES string of the molecule is CCOC(=O)c1sc(=NC(=O)c2ccc(OC)c(OC)c2)n(C)c1C. The van der Waals surface area contributed by atoms with Crippen LogP contribution in [0.3, 0.4) is 0 Å². The number of hydrogen-bond acceptors (Lipinski definition) is 6. The minimum Gasteiger partial charge on any atom is -0.493 e. The van der Waals surface area contributed by atoms with Crippen molar-refractivity contribution in [2.24, 2.45) is 12.0 Å². The van der Waals surface area contributed by atoms with E-state index in [-0.39, 0.29) is 6.61 Å². The highest BCUT2D eigenvalue weighted by molar-refractivity contribution is 7.11. The fraction of sp³-hybridized carbons (Fsp3) is 0.353. The van der Waals surface area contributed by atoms with Gasteiger partial charge in [-0.15, -0.1) is 0 Å². The molecule has 0 saturated carbocycles. The second-order valence-corrected chi connectivity index (χ2v) is 6.04. The van der Waals surface area contributed by atoms with Crippen molar-refractivity contribution in [3.05, 3.63) is 39.1 Å². The van der Waals surface area contributed by atoms with Gasteiger partial charge in [0.05, 0.1) is 20.8 Å². The highest BCUT2D eigenvalue weighted by atomic mass is 32.1. The van der Waals surface area contributed by atoms with Gasteiger partial charge in [-0.1, -0.05) is 11.3 Å². The lowest BCUT2D eigenvalue weighted by Crippen LogP contribution is -2.14. The van der Waals surface area contributed by atoms with Gasteiger partial charge < -0.3 is 18.8 Å². The normalized spacial score (nSPS) is 11.3. The third-order valence-electron chi connectivity index (χ3n) is 3.60. The van der Waals surface area contributed by atoms with Crippen molar-refractivity contribution in [2.75, 3.05) is 20.8 Å². The van der Waals surface area contributed by atoms with E-state index in [0.29, 0.717) is 32.4 Å². The Morgan fingerprint density at radius 3 is 2.48 bits per heavy atom. The first-order valence-electron chi connectivity index (χ1n) is 7.57. The maximum Gasteiger partial charge on any atom is 0.350 e. The van der Waals surface area contributed by atoms with E-state index in [1.165, 1.54) is 14.2 Å². The third kappa shape index (κ3) is 3.90. The molecule has 0 spiro atoms. The number of methoxy groups -OCH3 is 2. The number of carbonyl (C=O) groups is 2. The molecule has 7 nitrogen and oxygen atoms in total. The maximum atomic E-state index is 12.5. The molecule has 25 heavy (non-hydrogen) atoms. The van der Waals surface area contributed by atoms with Crippen LogP contribution in [0, 0.1) is 6.92 Å².